The fraction of sp³-hybridized carbons (Fsp3) is 0.192. The van der Waals surface area contributed by atoms with Gasteiger partial charge in [-0.15, -0.1) is 0 Å². The van der Waals surface area contributed by atoms with Crippen molar-refractivity contribution in [3.05, 3.63) is 112 Å². The molecule has 0 saturated heterocycles. The predicted octanol–water partition coefficient (Wildman–Crippen LogP) is 5.16. The Bertz CT molecular complexity index is 1310. The Morgan fingerprint density at radius 2 is 1.83 bits per heavy atom. The minimum absolute atomic E-state index is 0.0666. The molecule has 4 aromatic rings. The monoisotopic (exact) mass is 474 g/mol. The van der Waals surface area contributed by atoms with Crippen molar-refractivity contribution in [1.82, 2.24) is 15.0 Å². The average molecular weight is 474 g/mol. The maximum Gasteiger partial charge on any atom is 0.270 e. The molecule has 178 valence electrons. The van der Waals surface area contributed by atoms with Gasteiger partial charge in [-0.25, -0.2) is 4.39 Å². The van der Waals surface area contributed by atoms with Crippen LogP contribution in [0.15, 0.2) is 83.4 Å². The van der Waals surface area contributed by atoms with Crippen molar-refractivity contribution in [2.75, 3.05) is 6.54 Å². The van der Waals surface area contributed by atoms with E-state index >= 15 is 0 Å². The number of carbonyl (C=O) groups is 1. The molecule has 9 heteroatoms. The Balaban J connectivity index is 1.51. The number of aromatic nitrogens is 2. The van der Waals surface area contributed by atoms with Gasteiger partial charge in [-0.3, -0.25) is 14.9 Å². The molecule has 0 spiro atoms. The van der Waals surface area contributed by atoms with Gasteiger partial charge in [-0.05, 0) is 30.2 Å². The molecule has 8 nitrogen and oxygen atoms in total. The number of nitrogens with zero attached hydrogens (tertiary/aromatic N) is 4. The highest BCUT2D eigenvalue weighted by Crippen LogP contribution is 2.24. The molecule has 0 aliphatic carbocycles. The second-order valence-corrected chi connectivity index (χ2v) is 8.05. The van der Waals surface area contributed by atoms with Crippen molar-refractivity contribution in [2.24, 2.45) is 0 Å². The standard InChI is InChI=1S/C26H23FN4O4/c1-18(20-6-3-2-4-7-20)30(25(32)16-19-10-12-22(27)13-11-19)15-14-24-28-26(29-35-24)21-8-5-9-23(17-21)31(33)34/h2-13,17-18H,14-16H2,1H3/t18-/m1/s1. The molecule has 0 saturated carbocycles. The highest BCUT2D eigenvalue weighted by atomic mass is 19.1. The SMILES string of the molecule is C[C@H](c1ccccc1)N(CCc1nc(-c2cccc([N+](=O)[O-])c2)no1)C(=O)Cc1ccc(F)cc1. The van der Waals surface area contributed by atoms with Crippen LogP contribution in [0.5, 0.6) is 0 Å². The first-order chi connectivity index (χ1) is 16.9. The molecular weight excluding hydrogens is 451 g/mol. The predicted molar refractivity (Wildman–Crippen MR) is 127 cm³/mol. The summed E-state index contributed by atoms with van der Waals surface area (Å²) in [5.41, 5.74) is 2.09. The summed E-state index contributed by atoms with van der Waals surface area (Å²) < 4.78 is 18.6. The van der Waals surface area contributed by atoms with Gasteiger partial charge in [-0.2, -0.15) is 4.98 Å². The number of nitro groups is 1. The Morgan fingerprint density at radius 3 is 2.54 bits per heavy atom. The van der Waals surface area contributed by atoms with Gasteiger partial charge >= 0.3 is 0 Å². The second kappa shape index (κ2) is 10.7. The molecule has 1 aromatic heterocycles. The maximum absolute atomic E-state index is 13.3. The maximum atomic E-state index is 13.3. The van der Waals surface area contributed by atoms with Crippen molar-refractivity contribution < 1.29 is 18.6 Å². The molecule has 1 atom stereocenters. The van der Waals surface area contributed by atoms with Crippen LogP contribution in [-0.4, -0.2) is 32.4 Å². The quantitative estimate of drug-likeness (QED) is 0.245. The average Bonchev–Trinajstić information content (AvgIpc) is 3.35. The first-order valence-electron chi connectivity index (χ1n) is 11.1. The smallest absolute Gasteiger partial charge is 0.270 e. The molecule has 0 N–H and O–H groups in total. The summed E-state index contributed by atoms with van der Waals surface area (Å²) in [7, 11) is 0. The Hall–Kier alpha value is -4.40. The van der Waals surface area contributed by atoms with E-state index in [0.29, 0.717) is 30.0 Å². The normalized spacial score (nSPS) is 11.7. The van der Waals surface area contributed by atoms with Crippen LogP contribution in [0.25, 0.3) is 11.4 Å². The van der Waals surface area contributed by atoms with E-state index in [2.05, 4.69) is 10.1 Å². The molecule has 0 unspecified atom stereocenters. The lowest BCUT2D eigenvalue weighted by Crippen LogP contribution is -2.36. The molecule has 1 heterocycles. The van der Waals surface area contributed by atoms with Crippen LogP contribution in [0.3, 0.4) is 0 Å². The van der Waals surface area contributed by atoms with Gasteiger partial charge in [0.05, 0.1) is 17.4 Å². The topological polar surface area (TPSA) is 102 Å². The van der Waals surface area contributed by atoms with Gasteiger partial charge in [0.1, 0.15) is 5.82 Å². The van der Waals surface area contributed by atoms with Crippen LogP contribution in [0, 0.1) is 15.9 Å². The van der Waals surface area contributed by atoms with E-state index in [9.17, 15) is 19.3 Å². The molecular formula is C26H23FN4O4. The highest BCUT2D eigenvalue weighted by Gasteiger charge is 2.23. The number of amides is 1. The molecule has 1 amide bonds. The van der Waals surface area contributed by atoms with Crippen LogP contribution in [0.1, 0.15) is 30.0 Å². The third-order valence-electron chi connectivity index (χ3n) is 5.69. The van der Waals surface area contributed by atoms with Crippen LogP contribution in [-0.2, 0) is 17.6 Å². The zero-order chi connectivity index (χ0) is 24.8. The van der Waals surface area contributed by atoms with Gasteiger partial charge in [0.2, 0.25) is 17.6 Å². The number of non-ortho nitro benzene ring substituents is 1. The van der Waals surface area contributed by atoms with E-state index < -0.39 is 4.92 Å². The summed E-state index contributed by atoms with van der Waals surface area (Å²) >= 11 is 0. The highest BCUT2D eigenvalue weighted by molar-refractivity contribution is 5.79. The van der Waals surface area contributed by atoms with E-state index in [0.717, 1.165) is 5.56 Å². The Labute approximate surface area is 201 Å². The summed E-state index contributed by atoms with van der Waals surface area (Å²) in [6, 6.07) is 21.3. The van der Waals surface area contributed by atoms with Crippen molar-refractivity contribution in [1.29, 1.82) is 0 Å². The molecule has 35 heavy (non-hydrogen) atoms. The number of hydrogen-bond acceptors (Lipinski definition) is 6. The lowest BCUT2D eigenvalue weighted by Gasteiger charge is -2.29. The summed E-state index contributed by atoms with van der Waals surface area (Å²) in [6.45, 7) is 2.26. The number of carbonyl (C=O) groups excluding carboxylic acids is 1. The molecule has 0 aliphatic rings. The fourth-order valence-corrected chi connectivity index (χ4v) is 3.77. The van der Waals surface area contributed by atoms with E-state index in [1.807, 2.05) is 37.3 Å². The van der Waals surface area contributed by atoms with Crippen LogP contribution >= 0.6 is 0 Å². The zero-order valence-corrected chi connectivity index (χ0v) is 19.0. The van der Waals surface area contributed by atoms with Crippen LogP contribution in [0.4, 0.5) is 10.1 Å². The van der Waals surface area contributed by atoms with Crippen LogP contribution in [0.2, 0.25) is 0 Å². The van der Waals surface area contributed by atoms with Crippen molar-refractivity contribution >= 4 is 11.6 Å². The largest absolute Gasteiger partial charge is 0.339 e. The first kappa shape index (κ1) is 23.7. The third kappa shape index (κ3) is 5.94. The number of rotatable bonds is 9. The minimum atomic E-state index is -0.486. The first-order valence-corrected chi connectivity index (χ1v) is 11.1. The van der Waals surface area contributed by atoms with E-state index in [1.165, 1.54) is 24.3 Å². The lowest BCUT2D eigenvalue weighted by molar-refractivity contribution is -0.384. The van der Waals surface area contributed by atoms with Gasteiger partial charge in [0.25, 0.3) is 5.69 Å². The number of benzene rings is 3. The van der Waals surface area contributed by atoms with Gasteiger partial charge in [0, 0.05) is 30.7 Å². The Morgan fingerprint density at radius 1 is 1.09 bits per heavy atom. The summed E-state index contributed by atoms with van der Waals surface area (Å²) in [6.07, 6.45) is 0.425. The number of hydrogen-bond donors (Lipinski definition) is 0. The summed E-state index contributed by atoms with van der Waals surface area (Å²) in [5, 5.41) is 15.0. The van der Waals surface area contributed by atoms with Crippen molar-refractivity contribution in [3.8, 4) is 11.4 Å². The van der Waals surface area contributed by atoms with Gasteiger partial charge in [-0.1, -0.05) is 59.8 Å². The number of halogens is 1. The minimum Gasteiger partial charge on any atom is -0.339 e. The van der Waals surface area contributed by atoms with E-state index in [-0.39, 0.29) is 35.7 Å². The zero-order valence-electron chi connectivity index (χ0n) is 19.0. The molecule has 4 rings (SSSR count). The van der Waals surface area contributed by atoms with Crippen molar-refractivity contribution in [2.45, 2.75) is 25.8 Å². The van der Waals surface area contributed by atoms with E-state index in [1.54, 1.807) is 29.2 Å². The van der Waals surface area contributed by atoms with E-state index in [4.69, 9.17) is 4.52 Å². The summed E-state index contributed by atoms with van der Waals surface area (Å²) in [5.74, 6) is 0.0772. The molecule has 0 radical (unpaired) electrons. The number of nitro benzene ring substituents is 1. The lowest BCUT2D eigenvalue weighted by atomic mass is 10.0. The summed E-state index contributed by atoms with van der Waals surface area (Å²) in [4.78, 5) is 29.9. The second-order valence-electron chi connectivity index (χ2n) is 8.05. The molecule has 0 aliphatic heterocycles. The van der Waals surface area contributed by atoms with Crippen molar-refractivity contribution in [3.63, 3.8) is 0 Å². The van der Waals surface area contributed by atoms with Gasteiger partial charge in [0.15, 0.2) is 0 Å². The van der Waals surface area contributed by atoms with Crippen LogP contribution < -0.4 is 0 Å². The third-order valence-corrected chi connectivity index (χ3v) is 5.69. The molecule has 0 fully saturated rings. The Kier molecular flexibility index (Phi) is 7.25. The molecule has 0 bridgehead atoms. The van der Waals surface area contributed by atoms with Gasteiger partial charge < -0.3 is 9.42 Å². The fourth-order valence-electron chi connectivity index (χ4n) is 3.77. The molecule has 3 aromatic carbocycles.